The van der Waals surface area contributed by atoms with Crippen LogP contribution in [0, 0.1) is 0 Å². The highest BCUT2D eigenvalue weighted by atomic mass is 32.1. The molecule has 0 fully saturated rings. The molecule has 1 aromatic carbocycles. The van der Waals surface area contributed by atoms with E-state index in [0.29, 0.717) is 33.7 Å². The first-order chi connectivity index (χ1) is 14.1. The molecule has 2 aromatic heterocycles. The molecule has 0 aliphatic rings. The fraction of sp³-hybridized carbons (Fsp3) is 0.263. The molecule has 3 rings (SSSR count). The van der Waals surface area contributed by atoms with E-state index < -0.39 is 0 Å². The zero-order valence-electron chi connectivity index (χ0n) is 16.0. The first kappa shape index (κ1) is 20.7. The van der Waals surface area contributed by atoms with E-state index in [-0.39, 0.29) is 18.3 Å². The van der Waals surface area contributed by atoms with Gasteiger partial charge in [0.15, 0.2) is 0 Å². The minimum absolute atomic E-state index is 0.111. The number of thiazole rings is 2. The number of hydrogen-bond donors (Lipinski definition) is 2. The molecule has 0 aliphatic heterocycles. The fourth-order valence-corrected chi connectivity index (χ4v) is 3.99. The second kappa shape index (κ2) is 9.99. The molecule has 0 aliphatic carbocycles. The summed E-state index contributed by atoms with van der Waals surface area (Å²) in [7, 11) is 0. The second-order valence-corrected chi connectivity index (χ2v) is 7.63. The van der Waals surface area contributed by atoms with Gasteiger partial charge in [0.1, 0.15) is 4.88 Å². The third kappa shape index (κ3) is 5.52. The maximum Gasteiger partial charge on any atom is 0.311 e. The predicted molar refractivity (Wildman–Crippen MR) is 115 cm³/mol. The summed E-state index contributed by atoms with van der Waals surface area (Å²) in [6, 6.07) is 9.51. The lowest BCUT2D eigenvalue weighted by Crippen LogP contribution is -2.15. The van der Waals surface area contributed by atoms with E-state index in [1.165, 1.54) is 22.7 Å². The van der Waals surface area contributed by atoms with E-state index in [1.807, 2.05) is 37.3 Å². The number of hydrogen-bond acceptors (Lipinski definition) is 9. The van der Waals surface area contributed by atoms with Crippen LogP contribution in [0.25, 0.3) is 0 Å². The van der Waals surface area contributed by atoms with E-state index in [9.17, 15) is 9.90 Å². The third-order valence-electron chi connectivity index (χ3n) is 3.74. The number of ether oxygens (including phenoxy) is 1. The molecule has 29 heavy (non-hydrogen) atoms. The maximum absolute atomic E-state index is 11.5. The van der Waals surface area contributed by atoms with Crippen molar-refractivity contribution >= 4 is 45.7 Å². The summed E-state index contributed by atoms with van der Waals surface area (Å²) in [4.78, 5) is 21.5. The molecule has 8 nitrogen and oxygen atoms in total. The van der Waals surface area contributed by atoms with Gasteiger partial charge >= 0.3 is 5.97 Å². The Bertz CT molecular complexity index is 1050. The summed E-state index contributed by atoms with van der Waals surface area (Å²) in [5, 5.41) is 17.2. The molecule has 3 aromatic rings. The summed E-state index contributed by atoms with van der Waals surface area (Å²) in [5.74, 6) is -0.199. The van der Waals surface area contributed by atoms with Crippen molar-refractivity contribution in [1.82, 2.24) is 9.55 Å². The SMILES string of the molecule is CCOC(=O)Cc1csc(N/N=c2\sc(C=Nc3ccccc3)c(O)n2CC)n1. The lowest BCUT2D eigenvalue weighted by molar-refractivity contribution is -0.142. The molecule has 152 valence electrons. The molecule has 0 saturated heterocycles. The van der Waals surface area contributed by atoms with Gasteiger partial charge in [-0.1, -0.05) is 29.5 Å². The molecular weight excluding hydrogens is 410 g/mol. The highest BCUT2D eigenvalue weighted by Crippen LogP contribution is 2.20. The minimum atomic E-state index is -0.310. The van der Waals surface area contributed by atoms with Crippen LogP contribution in [0.3, 0.4) is 0 Å². The van der Waals surface area contributed by atoms with E-state index in [4.69, 9.17) is 4.74 Å². The molecule has 0 radical (unpaired) electrons. The van der Waals surface area contributed by atoms with Crippen molar-refractivity contribution in [3.63, 3.8) is 0 Å². The Morgan fingerprint density at radius 3 is 2.86 bits per heavy atom. The standard InChI is InChI=1S/C19H21N5O3S2/c1-3-24-17(26)15(11-20-13-8-6-5-7-9-13)29-19(24)23-22-18-21-14(12-28-18)10-16(25)27-4-2/h5-9,11-12,26H,3-4,10H2,1-2H3,(H,21,22)/b20-11?,23-19-. The van der Waals surface area contributed by atoms with Crippen molar-refractivity contribution in [1.29, 1.82) is 0 Å². The number of carbonyl (C=O) groups is 1. The first-order valence-corrected chi connectivity index (χ1v) is 10.7. The number of carbonyl (C=O) groups excluding carboxylic acids is 1. The van der Waals surface area contributed by atoms with Crippen LogP contribution >= 0.6 is 22.7 Å². The number of aromatic nitrogens is 2. The Labute approximate surface area is 175 Å². The van der Waals surface area contributed by atoms with Gasteiger partial charge in [0.05, 0.1) is 30.6 Å². The van der Waals surface area contributed by atoms with Crippen molar-refractivity contribution in [2.75, 3.05) is 12.0 Å². The lowest BCUT2D eigenvalue weighted by atomic mass is 10.3. The van der Waals surface area contributed by atoms with E-state index >= 15 is 0 Å². The van der Waals surface area contributed by atoms with Crippen molar-refractivity contribution in [3.8, 4) is 5.88 Å². The third-order valence-corrected chi connectivity index (χ3v) is 5.54. The normalized spacial score (nSPS) is 11.9. The molecular formula is C19H21N5O3S2. The minimum Gasteiger partial charge on any atom is -0.493 e. The Morgan fingerprint density at radius 2 is 2.14 bits per heavy atom. The number of aliphatic imine (C=N–C) groups is 1. The second-order valence-electron chi connectivity index (χ2n) is 5.76. The summed E-state index contributed by atoms with van der Waals surface area (Å²) in [6.07, 6.45) is 1.75. The van der Waals surface area contributed by atoms with Crippen molar-refractivity contribution < 1.29 is 14.6 Å². The molecule has 2 heterocycles. The number of rotatable bonds is 8. The van der Waals surface area contributed by atoms with E-state index in [0.717, 1.165) is 5.69 Å². The van der Waals surface area contributed by atoms with Gasteiger partial charge < -0.3 is 9.84 Å². The van der Waals surface area contributed by atoms with Gasteiger partial charge in [-0.25, -0.2) is 10.4 Å². The van der Waals surface area contributed by atoms with Gasteiger partial charge in [0.25, 0.3) is 0 Å². The van der Waals surface area contributed by atoms with Gasteiger partial charge in [-0.3, -0.25) is 14.4 Å². The summed E-state index contributed by atoms with van der Waals surface area (Å²) in [6.45, 7) is 4.58. The number of aromatic hydroxyl groups is 1. The van der Waals surface area contributed by atoms with Gasteiger partial charge in [0, 0.05) is 11.9 Å². The Kier molecular flexibility index (Phi) is 7.14. The molecule has 0 saturated carbocycles. The molecule has 0 spiro atoms. The largest absolute Gasteiger partial charge is 0.493 e. The number of esters is 1. The van der Waals surface area contributed by atoms with Crippen molar-refractivity contribution in [2.45, 2.75) is 26.8 Å². The molecule has 0 atom stereocenters. The maximum atomic E-state index is 11.5. The van der Waals surface area contributed by atoms with Crippen LogP contribution in [0.5, 0.6) is 5.88 Å². The Hall–Kier alpha value is -2.98. The fourth-order valence-electron chi connectivity index (χ4n) is 2.42. The molecule has 10 heteroatoms. The van der Waals surface area contributed by atoms with Crippen LogP contribution in [-0.2, 0) is 22.5 Å². The van der Waals surface area contributed by atoms with Gasteiger partial charge in [-0.05, 0) is 26.0 Å². The van der Waals surface area contributed by atoms with Gasteiger partial charge in [0.2, 0.25) is 15.8 Å². The zero-order chi connectivity index (χ0) is 20.6. The summed E-state index contributed by atoms with van der Waals surface area (Å²) in [5.41, 5.74) is 4.32. The van der Waals surface area contributed by atoms with Crippen molar-refractivity contribution in [3.05, 3.63) is 51.1 Å². The number of para-hydroxylation sites is 1. The Morgan fingerprint density at radius 1 is 1.34 bits per heavy atom. The quantitative estimate of drug-likeness (QED) is 0.323. The number of nitrogens with one attached hydrogen (secondary N) is 1. The van der Waals surface area contributed by atoms with E-state index in [2.05, 4.69) is 20.5 Å². The van der Waals surface area contributed by atoms with Crippen LogP contribution < -0.4 is 10.2 Å². The van der Waals surface area contributed by atoms with Crippen LogP contribution in [0.1, 0.15) is 24.4 Å². The number of nitrogens with zero attached hydrogens (tertiary/aromatic N) is 4. The highest BCUT2D eigenvalue weighted by Gasteiger charge is 2.11. The predicted octanol–water partition coefficient (Wildman–Crippen LogP) is 3.52. The van der Waals surface area contributed by atoms with Crippen LogP contribution in [-0.4, -0.2) is 33.4 Å². The average molecular weight is 432 g/mol. The summed E-state index contributed by atoms with van der Waals surface area (Å²) >= 11 is 2.65. The van der Waals surface area contributed by atoms with Gasteiger partial charge in [-0.15, -0.1) is 16.4 Å². The van der Waals surface area contributed by atoms with Crippen molar-refractivity contribution in [2.24, 2.45) is 10.1 Å². The monoisotopic (exact) mass is 431 g/mol. The summed E-state index contributed by atoms with van der Waals surface area (Å²) < 4.78 is 6.60. The van der Waals surface area contributed by atoms with E-state index in [1.54, 1.807) is 23.1 Å². The lowest BCUT2D eigenvalue weighted by Gasteiger charge is -2.00. The van der Waals surface area contributed by atoms with Crippen LogP contribution in [0.15, 0.2) is 45.8 Å². The Balaban J connectivity index is 1.76. The topological polar surface area (TPSA) is 101 Å². The number of anilines is 1. The van der Waals surface area contributed by atoms with Gasteiger partial charge in [-0.2, -0.15) is 0 Å². The average Bonchev–Trinajstić information content (AvgIpc) is 3.29. The number of benzene rings is 1. The smallest absolute Gasteiger partial charge is 0.311 e. The van der Waals surface area contributed by atoms with Crippen LogP contribution in [0.2, 0.25) is 0 Å². The molecule has 0 amide bonds. The first-order valence-electron chi connectivity index (χ1n) is 9.02. The zero-order valence-corrected chi connectivity index (χ0v) is 17.7. The van der Waals surface area contributed by atoms with Crippen LogP contribution in [0.4, 0.5) is 10.8 Å². The molecule has 0 unspecified atom stereocenters. The highest BCUT2D eigenvalue weighted by molar-refractivity contribution is 7.13. The molecule has 2 N–H and O–H groups in total. The molecule has 0 bridgehead atoms.